The Morgan fingerprint density at radius 1 is 1.50 bits per heavy atom. The molecule has 1 heterocycles. The minimum atomic E-state index is -0.955. The number of morpholine rings is 1. The van der Waals surface area contributed by atoms with E-state index in [4.69, 9.17) is 9.84 Å². The SMILES string of the molecule is O=C(O)NCCN1CCOCC1. The van der Waals surface area contributed by atoms with Crippen LogP contribution in [0.15, 0.2) is 0 Å². The maximum absolute atomic E-state index is 10.1. The minimum absolute atomic E-state index is 0.495. The van der Waals surface area contributed by atoms with Crippen LogP contribution in [0.4, 0.5) is 4.79 Å². The van der Waals surface area contributed by atoms with Gasteiger partial charge < -0.3 is 15.2 Å². The van der Waals surface area contributed by atoms with Gasteiger partial charge in [-0.2, -0.15) is 0 Å². The Kier molecular flexibility index (Phi) is 3.83. The van der Waals surface area contributed by atoms with Crippen molar-refractivity contribution < 1.29 is 14.6 Å². The number of rotatable bonds is 3. The molecule has 12 heavy (non-hydrogen) atoms. The van der Waals surface area contributed by atoms with Crippen LogP contribution in [0.2, 0.25) is 0 Å². The molecule has 1 aliphatic heterocycles. The van der Waals surface area contributed by atoms with Gasteiger partial charge in [0.25, 0.3) is 0 Å². The fourth-order valence-corrected chi connectivity index (χ4v) is 1.15. The summed E-state index contributed by atoms with van der Waals surface area (Å²) >= 11 is 0. The highest BCUT2D eigenvalue weighted by atomic mass is 16.5. The number of carbonyl (C=O) groups is 1. The van der Waals surface area contributed by atoms with E-state index in [1.807, 2.05) is 0 Å². The lowest BCUT2D eigenvalue weighted by molar-refractivity contribution is 0.0385. The number of hydrogen-bond acceptors (Lipinski definition) is 3. The zero-order chi connectivity index (χ0) is 8.81. The van der Waals surface area contributed by atoms with Gasteiger partial charge in [0.15, 0.2) is 0 Å². The summed E-state index contributed by atoms with van der Waals surface area (Å²) in [4.78, 5) is 12.3. The van der Waals surface area contributed by atoms with E-state index in [1.54, 1.807) is 0 Å². The Hall–Kier alpha value is -0.810. The average molecular weight is 174 g/mol. The van der Waals surface area contributed by atoms with Gasteiger partial charge in [-0.15, -0.1) is 0 Å². The van der Waals surface area contributed by atoms with Gasteiger partial charge in [-0.05, 0) is 0 Å². The average Bonchev–Trinajstić information content (AvgIpc) is 2.05. The Balaban J connectivity index is 2.01. The molecule has 1 aliphatic rings. The molecule has 0 bridgehead atoms. The fourth-order valence-electron chi connectivity index (χ4n) is 1.15. The molecule has 1 rings (SSSR count). The molecular formula is C7H14N2O3. The van der Waals surface area contributed by atoms with Crippen LogP contribution in [0.1, 0.15) is 0 Å². The normalized spacial score (nSPS) is 19.0. The summed E-state index contributed by atoms with van der Waals surface area (Å²) in [5, 5.41) is 10.6. The lowest BCUT2D eigenvalue weighted by Crippen LogP contribution is -2.41. The molecule has 0 radical (unpaired) electrons. The number of amides is 1. The number of hydrogen-bond donors (Lipinski definition) is 2. The molecule has 5 nitrogen and oxygen atoms in total. The molecule has 5 heteroatoms. The molecule has 0 saturated carbocycles. The van der Waals surface area contributed by atoms with Gasteiger partial charge in [0, 0.05) is 26.2 Å². The van der Waals surface area contributed by atoms with Crippen LogP contribution >= 0.6 is 0 Å². The van der Waals surface area contributed by atoms with Gasteiger partial charge in [0.05, 0.1) is 13.2 Å². The molecular weight excluding hydrogens is 160 g/mol. The Morgan fingerprint density at radius 2 is 2.17 bits per heavy atom. The zero-order valence-corrected chi connectivity index (χ0v) is 6.95. The van der Waals surface area contributed by atoms with Crippen LogP contribution in [-0.4, -0.2) is 55.5 Å². The molecule has 1 amide bonds. The molecule has 0 aliphatic carbocycles. The minimum Gasteiger partial charge on any atom is -0.465 e. The van der Waals surface area contributed by atoms with Crippen molar-refractivity contribution in [3.05, 3.63) is 0 Å². The summed E-state index contributed by atoms with van der Waals surface area (Å²) in [5.41, 5.74) is 0. The number of ether oxygens (including phenoxy) is 1. The first-order chi connectivity index (χ1) is 5.79. The maximum Gasteiger partial charge on any atom is 0.404 e. The molecule has 2 N–H and O–H groups in total. The van der Waals surface area contributed by atoms with E-state index in [0.29, 0.717) is 6.54 Å². The number of nitrogens with one attached hydrogen (secondary N) is 1. The highest BCUT2D eigenvalue weighted by Crippen LogP contribution is 1.94. The van der Waals surface area contributed by atoms with Crippen molar-refractivity contribution in [3.63, 3.8) is 0 Å². The first-order valence-electron chi connectivity index (χ1n) is 4.06. The third-order valence-electron chi connectivity index (χ3n) is 1.81. The number of nitrogens with zero attached hydrogens (tertiary/aromatic N) is 1. The molecule has 1 fully saturated rings. The second kappa shape index (κ2) is 4.95. The van der Waals surface area contributed by atoms with E-state index in [2.05, 4.69) is 10.2 Å². The quantitative estimate of drug-likeness (QED) is 0.610. The van der Waals surface area contributed by atoms with Crippen molar-refractivity contribution >= 4 is 6.09 Å². The summed E-state index contributed by atoms with van der Waals surface area (Å²) in [7, 11) is 0. The highest BCUT2D eigenvalue weighted by Gasteiger charge is 2.09. The predicted molar refractivity (Wildman–Crippen MR) is 43.3 cm³/mol. The first-order valence-corrected chi connectivity index (χ1v) is 4.06. The summed E-state index contributed by atoms with van der Waals surface area (Å²) in [5.74, 6) is 0. The van der Waals surface area contributed by atoms with Crippen LogP contribution in [-0.2, 0) is 4.74 Å². The monoisotopic (exact) mass is 174 g/mol. The van der Waals surface area contributed by atoms with Gasteiger partial charge >= 0.3 is 6.09 Å². The Labute approximate surface area is 71.3 Å². The number of carboxylic acid groups (broad SMARTS) is 1. The fraction of sp³-hybridized carbons (Fsp3) is 0.857. The summed E-state index contributed by atoms with van der Waals surface area (Å²) in [6.07, 6.45) is -0.955. The second-order valence-corrected chi connectivity index (χ2v) is 2.69. The summed E-state index contributed by atoms with van der Waals surface area (Å²) in [6.45, 7) is 4.59. The van der Waals surface area contributed by atoms with Crippen LogP contribution < -0.4 is 5.32 Å². The predicted octanol–water partition coefficient (Wildman–Crippen LogP) is -0.414. The van der Waals surface area contributed by atoms with Crippen molar-refractivity contribution in [2.45, 2.75) is 0 Å². The van der Waals surface area contributed by atoms with Gasteiger partial charge in [-0.3, -0.25) is 4.90 Å². The Morgan fingerprint density at radius 3 is 2.75 bits per heavy atom. The first kappa shape index (κ1) is 9.28. The van der Waals surface area contributed by atoms with E-state index in [-0.39, 0.29) is 0 Å². The van der Waals surface area contributed by atoms with E-state index >= 15 is 0 Å². The van der Waals surface area contributed by atoms with Crippen molar-refractivity contribution in [1.29, 1.82) is 0 Å². The third kappa shape index (κ3) is 3.54. The van der Waals surface area contributed by atoms with Crippen molar-refractivity contribution in [2.75, 3.05) is 39.4 Å². The van der Waals surface area contributed by atoms with Gasteiger partial charge in [-0.1, -0.05) is 0 Å². The van der Waals surface area contributed by atoms with Crippen molar-refractivity contribution in [3.8, 4) is 0 Å². The van der Waals surface area contributed by atoms with E-state index < -0.39 is 6.09 Å². The van der Waals surface area contributed by atoms with E-state index in [9.17, 15) is 4.79 Å². The smallest absolute Gasteiger partial charge is 0.404 e. The Bertz CT molecular complexity index is 146. The van der Waals surface area contributed by atoms with Crippen LogP contribution in [0.3, 0.4) is 0 Å². The largest absolute Gasteiger partial charge is 0.465 e. The summed E-state index contributed by atoms with van der Waals surface area (Å²) < 4.78 is 5.15. The molecule has 0 aromatic carbocycles. The highest BCUT2D eigenvalue weighted by molar-refractivity contribution is 5.64. The van der Waals surface area contributed by atoms with E-state index in [1.165, 1.54) is 0 Å². The standard InChI is InChI=1S/C7H14N2O3/c10-7(11)8-1-2-9-3-5-12-6-4-9/h8H,1-6H2,(H,10,11). The van der Waals surface area contributed by atoms with Crippen LogP contribution in [0, 0.1) is 0 Å². The molecule has 0 atom stereocenters. The third-order valence-corrected chi connectivity index (χ3v) is 1.81. The van der Waals surface area contributed by atoms with Crippen LogP contribution in [0.5, 0.6) is 0 Å². The summed E-state index contributed by atoms with van der Waals surface area (Å²) in [6, 6.07) is 0. The molecule has 0 aromatic rings. The van der Waals surface area contributed by atoms with Gasteiger partial charge in [0.2, 0.25) is 0 Å². The molecule has 0 unspecified atom stereocenters. The molecule has 1 saturated heterocycles. The second-order valence-electron chi connectivity index (χ2n) is 2.69. The topological polar surface area (TPSA) is 61.8 Å². The molecule has 0 aromatic heterocycles. The van der Waals surface area contributed by atoms with E-state index in [0.717, 1.165) is 32.8 Å². The van der Waals surface area contributed by atoms with Crippen molar-refractivity contribution in [2.24, 2.45) is 0 Å². The van der Waals surface area contributed by atoms with Crippen LogP contribution in [0.25, 0.3) is 0 Å². The lowest BCUT2D eigenvalue weighted by Gasteiger charge is -2.26. The maximum atomic E-state index is 10.1. The lowest BCUT2D eigenvalue weighted by atomic mass is 10.4. The van der Waals surface area contributed by atoms with Gasteiger partial charge in [0.1, 0.15) is 0 Å². The van der Waals surface area contributed by atoms with Crippen molar-refractivity contribution in [1.82, 2.24) is 10.2 Å². The zero-order valence-electron chi connectivity index (χ0n) is 6.95. The van der Waals surface area contributed by atoms with Gasteiger partial charge in [-0.25, -0.2) is 4.79 Å². The molecule has 70 valence electrons. The molecule has 0 spiro atoms.